The Morgan fingerprint density at radius 1 is 1.33 bits per heavy atom. The summed E-state index contributed by atoms with van der Waals surface area (Å²) in [5, 5.41) is 2.66. The van der Waals surface area contributed by atoms with E-state index >= 15 is 0 Å². The topological polar surface area (TPSA) is 81.7 Å². The van der Waals surface area contributed by atoms with Gasteiger partial charge >= 0.3 is 6.09 Å². The molecule has 0 aromatic heterocycles. The molecule has 0 atom stereocenters. The maximum atomic E-state index is 11.4. The van der Waals surface area contributed by atoms with Crippen LogP contribution in [-0.2, 0) is 19.0 Å². The third-order valence-corrected chi connectivity index (χ3v) is 3.06. The summed E-state index contributed by atoms with van der Waals surface area (Å²) >= 11 is 0. The smallest absolute Gasteiger partial charge is 0.407 e. The molecule has 0 aromatic carbocycles. The van der Waals surface area contributed by atoms with Crippen LogP contribution >= 0.6 is 0 Å². The van der Waals surface area contributed by atoms with Gasteiger partial charge in [-0.3, -0.25) is 4.18 Å². The summed E-state index contributed by atoms with van der Waals surface area (Å²) in [4.78, 5) is 11.4. The van der Waals surface area contributed by atoms with Crippen molar-refractivity contribution >= 4 is 16.2 Å². The first kappa shape index (κ1) is 15.2. The molecule has 0 radical (unpaired) electrons. The van der Waals surface area contributed by atoms with Gasteiger partial charge in [-0.05, 0) is 39.5 Å². The van der Waals surface area contributed by atoms with E-state index in [2.05, 4.69) is 5.32 Å². The molecule has 1 fully saturated rings. The van der Waals surface area contributed by atoms with Crippen molar-refractivity contribution in [2.45, 2.75) is 45.3 Å². The largest absolute Gasteiger partial charge is 0.444 e. The van der Waals surface area contributed by atoms with Crippen molar-refractivity contribution in [1.82, 2.24) is 5.32 Å². The minimum absolute atomic E-state index is 0.245. The fraction of sp³-hybridized carbons (Fsp3) is 0.909. The first-order valence-electron chi connectivity index (χ1n) is 5.90. The summed E-state index contributed by atoms with van der Waals surface area (Å²) in [6.07, 6.45) is 1.63. The van der Waals surface area contributed by atoms with E-state index in [-0.39, 0.29) is 12.0 Å². The second-order valence-electron chi connectivity index (χ2n) is 5.64. The number of hydrogen-bond acceptors (Lipinski definition) is 5. The number of rotatable bonds is 4. The van der Waals surface area contributed by atoms with Crippen LogP contribution in [0.15, 0.2) is 0 Å². The van der Waals surface area contributed by atoms with Crippen LogP contribution in [0.3, 0.4) is 0 Å². The van der Waals surface area contributed by atoms with Crippen molar-refractivity contribution < 1.29 is 22.1 Å². The van der Waals surface area contributed by atoms with E-state index in [1.807, 2.05) is 0 Å². The monoisotopic (exact) mass is 279 g/mol. The second-order valence-corrected chi connectivity index (χ2v) is 7.24. The van der Waals surface area contributed by atoms with Gasteiger partial charge in [0.2, 0.25) is 0 Å². The highest BCUT2D eigenvalue weighted by Crippen LogP contribution is 2.30. The number of alkyl carbamates (subject to hydrolysis) is 1. The predicted molar refractivity (Wildman–Crippen MR) is 66.7 cm³/mol. The third-order valence-electron chi connectivity index (χ3n) is 2.44. The summed E-state index contributed by atoms with van der Waals surface area (Å²) in [5.41, 5.74) is -0.508. The lowest BCUT2D eigenvalue weighted by Gasteiger charge is -2.34. The lowest BCUT2D eigenvalue weighted by Crippen LogP contribution is -2.42. The van der Waals surface area contributed by atoms with E-state index in [1.54, 1.807) is 20.8 Å². The van der Waals surface area contributed by atoms with E-state index in [0.717, 1.165) is 6.26 Å². The van der Waals surface area contributed by atoms with Gasteiger partial charge in [-0.1, -0.05) is 0 Å². The zero-order chi connectivity index (χ0) is 14.0. The molecule has 0 aliphatic heterocycles. The molecule has 1 aliphatic carbocycles. The summed E-state index contributed by atoms with van der Waals surface area (Å²) in [6.45, 7) is 5.88. The minimum Gasteiger partial charge on any atom is -0.444 e. The van der Waals surface area contributed by atoms with Gasteiger partial charge in [-0.2, -0.15) is 8.42 Å². The standard InChI is InChI=1S/C11H21NO5S/c1-11(2,3)16-10(13)12-7-8-5-9(6-8)17-18(4,14)15/h8-9H,5-7H2,1-4H3,(H,12,13)/t8-,9-. The van der Waals surface area contributed by atoms with Gasteiger partial charge in [-0.15, -0.1) is 0 Å². The van der Waals surface area contributed by atoms with Gasteiger partial charge in [-0.25, -0.2) is 4.79 Å². The molecule has 0 spiro atoms. The van der Waals surface area contributed by atoms with Crippen LogP contribution in [-0.4, -0.2) is 39.0 Å². The molecule has 18 heavy (non-hydrogen) atoms. The lowest BCUT2D eigenvalue weighted by atomic mass is 9.82. The van der Waals surface area contributed by atoms with Crippen molar-refractivity contribution in [3.05, 3.63) is 0 Å². The number of hydrogen-bond donors (Lipinski definition) is 1. The highest BCUT2D eigenvalue weighted by molar-refractivity contribution is 7.86. The van der Waals surface area contributed by atoms with Crippen LogP contribution < -0.4 is 5.32 Å². The van der Waals surface area contributed by atoms with Gasteiger partial charge in [0.25, 0.3) is 10.1 Å². The van der Waals surface area contributed by atoms with Crippen LogP contribution in [0.5, 0.6) is 0 Å². The molecule has 106 valence electrons. The zero-order valence-electron chi connectivity index (χ0n) is 11.2. The summed E-state index contributed by atoms with van der Waals surface area (Å²) in [7, 11) is -3.37. The first-order valence-corrected chi connectivity index (χ1v) is 7.72. The average molecular weight is 279 g/mol. The molecule has 6 nitrogen and oxygen atoms in total. The fourth-order valence-electron chi connectivity index (χ4n) is 1.71. The molecule has 1 saturated carbocycles. The van der Waals surface area contributed by atoms with Gasteiger partial charge in [0, 0.05) is 6.54 Å². The number of carbonyl (C=O) groups excluding carboxylic acids is 1. The highest BCUT2D eigenvalue weighted by Gasteiger charge is 2.32. The quantitative estimate of drug-likeness (QED) is 0.784. The lowest BCUT2D eigenvalue weighted by molar-refractivity contribution is 0.0429. The normalized spacial score (nSPS) is 24.2. The summed E-state index contributed by atoms with van der Waals surface area (Å²) in [6, 6.07) is 0. The molecule has 0 aromatic rings. The molecule has 0 bridgehead atoms. The fourth-order valence-corrected chi connectivity index (χ4v) is 2.36. The van der Waals surface area contributed by atoms with E-state index < -0.39 is 21.8 Å². The Kier molecular flexibility index (Phi) is 4.61. The number of carbonyl (C=O) groups is 1. The van der Waals surface area contributed by atoms with Crippen molar-refractivity contribution in [1.29, 1.82) is 0 Å². The zero-order valence-corrected chi connectivity index (χ0v) is 12.0. The van der Waals surface area contributed by atoms with E-state index in [9.17, 15) is 13.2 Å². The third kappa shape index (κ3) is 6.20. The molecule has 1 amide bonds. The Morgan fingerprint density at radius 2 is 1.89 bits per heavy atom. The van der Waals surface area contributed by atoms with Crippen molar-refractivity contribution in [3.63, 3.8) is 0 Å². The van der Waals surface area contributed by atoms with Crippen molar-refractivity contribution in [2.75, 3.05) is 12.8 Å². The highest BCUT2D eigenvalue weighted by atomic mass is 32.2. The number of amides is 1. The summed E-state index contributed by atoms with van der Waals surface area (Å²) in [5.74, 6) is 0.254. The molecule has 7 heteroatoms. The second kappa shape index (κ2) is 5.44. The number of nitrogens with one attached hydrogen (secondary N) is 1. The molecule has 0 saturated heterocycles. The van der Waals surface area contributed by atoms with Crippen LogP contribution in [0, 0.1) is 5.92 Å². The maximum absolute atomic E-state index is 11.4. The van der Waals surface area contributed by atoms with Crippen LogP contribution in [0.25, 0.3) is 0 Å². The Labute approximate surface area is 108 Å². The van der Waals surface area contributed by atoms with Crippen molar-refractivity contribution in [2.24, 2.45) is 5.92 Å². The summed E-state index contributed by atoms with van der Waals surface area (Å²) < 4.78 is 31.6. The Balaban J connectivity index is 2.16. The predicted octanol–water partition coefficient (Wildman–Crippen LogP) is 1.27. The van der Waals surface area contributed by atoms with E-state index in [0.29, 0.717) is 19.4 Å². The molecule has 0 unspecified atom stereocenters. The first-order chi connectivity index (χ1) is 8.05. The van der Waals surface area contributed by atoms with Gasteiger partial charge < -0.3 is 10.1 Å². The van der Waals surface area contributed by atoms with Crippen LogP contribution in [0.1, 0.15) is 33.6 Å². The Bertz CT molecular complexity index is 392. The van der Waals surface area contributed by atoms with Gasteiger partial charge in [0.1, 0.15) is 5.60 Å². The van der Waals surface area contributed by atoms with Crippen molar-refractivity contribution in [3.8, 4) is 0 Å². The van der Waals surface area contributed by atoms with Gasteiger partial charge in [0.15, 0.2) is 0 Å². The molecule has 0 heterocycles. The molecule has 1 N–H and O–H groups in total. The SMILES string of the molecule is CC(C)(C)OC(=O)NC[C@H]1C[C@H](OS(C)(=O)=O)C1. The molecule has 1 rings (SSSR count). The van der Waals surface area contributed by atoms with Crippen LogP contribution in [0.2, 0.25) is 0 Å². The van der Waals surface area contributed by atoms with Gasteiger partial charge in [0.05, 0.1) is 12.4 Å². The average Bonchev–Trinajstić information content (AvgIpc) is 2.03. The van der Waals surface area contributed by atoms with Crippen LogP contribution in [0.4, 0.5) is 4.79 Å². The maximum Gasteiger partial charge on any atom is 0.407 e. The molecular formula is C11H21NO5S. The molecule has 1 aliphatic rings. The molecular weight excluding hydrogens is 258 g/mol. The Hall–Kier alpha value is -0.820. The Morgan fingerprint density at radius 3 is 2.33 bits per heavy atom. The van der Waals surface area contributed by atoms with E-state index in [1.165, 1.54) is 0 Å². The number of ether oxygens (including phenoxy) is 1. The minimum atomic E-state index is -3.37. The van der Waals surface area contributed by atoms with E-state index in [4.69, 9.17) is 8.92 Å².